The third-order valence-corrected chi connectivity index (χ3v) is 3.99. The van der Waals surface area contributed by atoms with Gasteiger partial charge in [-0.15, -0.1) is 11.6 Å². The van der Waals surface area contributed by atoms with E-state index in [0.29, 0.717) is 0 Å². The maximum atomic E-state index is 6.26. The Hall–Kier alpha value is -0.750. The molecule has 1 heteroatoms. The number of hydrogen-bond acceptors (Lipinski definition) is 0. The summed E-state index contributed by atoms with van der Waals surface area (Å²) in [5, 5.41) is 0.249. The van der Waals surface area contributed by atoms with Gasteiger partial charge in [-0.05, 0) is 56.2 Å². The summed E-state index contributed by atoms with van der Waals surface area (Å²) in [6, 6.07) is 6.78. The Morgan fingerprint density at radius 3 is 2.76 bits per heavy atom. The number of benzene rings is 1. The summed E-state index contributed by atoms with van der Waals surface area (Å²) < 4.78 is 0. The van der Waals surface area contributed by atoms with Crippen LogP contribution in [-0.4, -0.2) is 5.38 Å². The summed E-state index contributed by atoms with van der Waals surface area (Å²) in [5.41, 5.74) is 5.70. The predicted octanol–water partition coefficient (Wildman–Crippen LogP) is 4.95. The van der Waals surface area contributed by atoms with E-state index in [1.807, 2.05) is 0 Å². The predicted molar refractivity (Wildman–Crippen MR) is 75.8 cm³/mol. The van der Waals surface area contributed by atoms with Crippen molar-refractivity contribution in [2.45, 2.75) is 51.3 Å². The molecule has 0 amide bonds. The zero-order valence-electron chi connectivity index (χ0n) is 10.8. The number of hydrogen-bond donors (Lipinski definition) is 0. The van der Waals surface area contributed by atoms with Crippen LogP contribution in [0.15, 0.2) is 29.8 Å². The van der Waals surface area contributed by atoms with Gasteiger partial charge in [-0.2, -0.15) is 0 Å². The fourth-order valence-electron chi connectivity index (χ4n) is 2.44. The maximum absolute atomic E-state index is 6.26. The van der Waals surface area contributed by atoms with Crippen molar-refractivity contribution in [1.82, 2.24) is 0 Å². The fraction of sp³-hybridized carbons (Fsp3) is 0.500. The molecule has 1 aromatic rings. The van der Waals surface area contributed by atoms with Gasteiger partial charge < -0.3 is 0 Å². The second-order valence-corrected chi connectivity index (χ2v) is 5.74. The molecule has 1 atom stereocenters. The Balaban J connectivity index is 2.11. The highest BCUT2D eigenvalue weighted by Crippen LogP contribution is 2.24. The minimum absolute atomic E-state index is 0.249. The second kappa shape index (κ2) is 5.73. The molecule has 1 aromatic carbocycles. The molecule has 1 unspecified atom stereocenters. The molecule has 0 aromatic heterocycles. The molecule has 0 spiro atoms. The SMILES string of the molecule is Cc1ccc(CC2=CC(Cl)CCCC2)cc1C. The van der Waals surface area contributed by atoms with Crippen molar-refractivity contribution in [2.24, 2.45) is 0 Å². The van der Waals surface area contributed by atoms with E-state index in [2.05, 4.69) is 38.1 Å². The molecule has 0 nitrogen and oxygen atoms in total. The van der Waals surface area contributed by atoms with Crippen molar-refractivity contribution in [3.63, 3.8) is 0 Å². The molecule has 0 N–H and O–H groups in total. The molecule has 2 rings (SSSR count). The third-order valence-electron chi connectivity index (χ3n) is 3.65. The van der Waals surface area contributed by atoms with Crippen molar-refractivity contribution in [2.75, 3.05) is 0 Å². The van der Waals surface area contributed by atoms with Gasteiger partial charge in [-0.1, -0.05) is 36.3 Å². The first-order valence-electron chi connectivity index (χ1n) is 6.55. The van der Waals surface area contributed by atoms with Crippen LogP contribution in [0.1, 0.15) is 42.4 Å². The Labute approximate surface area is 110 Å². The number of allylic oxidation sites excluding steroid dienone is 2. The van der Waals surface area contributed by atoms with Crippen LogP contribution < -0.4 is 0 Å². The quantitative estimate of drug-likeness (QED) is 0.513. The highest BCUT2D eigenvalue weighted by Gasteiger charge is 2.10. The van der Waals surface area contributed by atoms with Gasteiger partial charge in [0, 0.05) is 0 Å². The molecule has 0 radical (unpaired) electrons. The summed E-state index contributed by atoms with van der Waals surface area (Å²) in [6.07, 6.45) is 8.27. The number of aryl methyl sites for hydroxylation is 2. The Morgan fingerprint density at radius 1 is 1.18 bits per heavy atom. The lowest BCUT2D eigenvalue weighted by molar-refractivity contribution is 0.710. The van der Waals surface area contributed by atoms with Crippen molar-refractivity contribution in [3.05, 3.63) is 46.5 Å². The lowest BCUT2D eigenvalue weighted by Gasteiger charge is -2.08. The second-order valence-electron chi connectivity index (χ2n) is 5.18. The van der Waals surface area contributed by atoms with Gasteiger partial charge in [-0.25, -0.2) is 0 Å². The first-order chi connectivity index (χ1) is 8.15. The van der Waals surface area contributed by atoms with E-state index in [0.717, 1.165) is 12.8 Å². The Bertz CT molecular complexity index is 418. The van der Waals surface area contributed by atoms with Gasteiger partial charge in [0.1, 0.15) is 0 Å². The monoisotopic (exact) mass is 248 g/mol. The zero-order chi connectivity index (χ0) is 12.3. The third kappa shape index (κ3) is 3.61. The van der Waals surface area contributed by atoms with Crippen molar-refractivity contribution >= 4 is 11.6 Å². The average Bonchev–Trinajstić information content (AvgIpc) is 2.48. The first kappa shape index (κ1) is 12.7. The van der Waals surface area contributed by atoms with Crippen LogP contribution in [0.2, 0.25) is 0 Å². The van der Waals surface area contributed by atoms with Crippen LogP contribution in [0.3, 0.4) is 0 Å². The van der Waals surface area contributed by atoms with Crippen molar-refractivity contribution in [3.8, 4) is 0 Å². The largest absolute Gasteiger partial charge is 0.118 e. The van der Waals surface area contributed by atoms with Crippen LogP contribution in [0, 0.1) is 13.8 Å². The van der Waals surface area contributed by atoms with Gasteiger partial charge in [0.25, 0.3) is 0 Å². The van der Waals surface area contributed by atoms with Crippen molar-refractivity contribution < 1.29 is 0 Å². The zero-order valence-corrected chi connectivity index (χ0v) is 11.6. The summed E-state index contributed by atoms with van der Waals surface area (Å²) in [6.45, 7) is 4.35. The number of rotatable bonds is 2. The molecule has 0 bridgehead atoms. The van der Waals surface area contributed by atoms with E-state index >= 15 is 0 Å². The maximum Gasteiger partial charge on any atom is 0.0518 e. The molecular formula is C16H21Cl. The lowest BCUT2D eigenvalue weighted by atomic mass is 9.98. The molecule has 92 valence electrons. The molecule has 0 fully saturated rings. The van der Waals surface area contributed by atoms with E-state index in [4.69, 9.17) is 11.6 Å². The topological polar surface area (TPSA) is 0 Å². The molecule has 1 aliphatic rings. The highest BCUT2D eigenvalue weighted by atomic mass is 35.5. The fourth-order valence-corrected chi connectivity index (χ4v) is 2.77. The summed E-state index contributed by atoms with van der Waals surface area (Å²) in [4.78, 5) is 0. The molecule has 0 saturated carbocycles. The van der Waals surface area contributed by atoms with Gasteiger partial charge in [-0.3, -0.25) is 0 Å². The smallest absolute Gasteiger partial charge is 0.0518 e. The molecule has 0 saturated heterocycles. The minimum atomic E-state index is 0.249. The van der Waals surface area contributed by atoms with Crippen LogP contribution >= 0.6 is 11.6 Å². The van der Waals surface area contributed by atoms with E-state index in [1.54, 1.807) is 0 Å². The Kier molecular flexibility index (Phi) is 4.28. The number of halogens is 1. The van der Waals surface area contributed by atoms with Crippen LogP contribution in [0.25, 0.3) is 0 Å². The summed E-state index contributed by atoms with van der Waals surface area (Å²) >= 11 is 6.26. The van der Waals surface area contributed by atoms with Crippen LogP contribution in [-0.2, 0) is 6.42 Å². The van der Waals surface area contributed by atoms with E-state index in [1.165, 1.54) is 41.5 Å². The molecule has 1 aliphatic carbocycles. The number of alkyl halides is 1. The molecule has 17 heavy (non-hydrogen) atoms. The first-order valence-corrected chi connectivity index (χ1v) is 6.98. The molecule has 0 aliphatic heterocycles. The van der Waals surface area contributed by atoms with Crippen LogP contribution in [0.4, 0.5) is 0 Å². The highest BCUT2D eigenvalue weighted by molar-refractivity contribution is 6.21. The van der Waals surface area contributed by atoms with E-state index in [-0.39, 0.29) is 5.38 Å². The standard InChI is InChI=1S/C16H21Cl/c1-12-7-8-15(9-13(12)2)10-14-5-3-4-6-16(17)11-14/h7-9,11,16H,3-6,10H2,1-2H3. The van der Waals surface area contributed by atoms with Crippen molar-refractivity contribution in [1.29, 1.82) is 0 Å². The van der Waals surface area contributed by atoms with Gasteiger partial charge in [0.05, 0.1) is 5.38 Å². The average molecular weight is 249 g/mol. The van der Waals surface area contributed by atoms with E-state index < -0.39 is 0 Å². The van der Waals surface area contributed by atoms with Gasteiger partial charge in [0.2, 0.25) is 0 Å². The minimum Gasteiger partial charge on any atom is -0.118 e. The van der Waals surface area contributed by atoms with Crippen LogP contribution in [0.5, 0.6) is 0 Å². The van der Waals surface area contributed by atoms with Gasteiger partial charge in [0.15, 0.2) is 0 Å². The Morgan fingerprint density at radius 2 is 2.00 bits per heavy atom. The molecular weight excluding hydrogens is 228 g/mol. The lowest BCUT2D eigenvalue weighted by Crippen LogP contribution is -1.95. The van der Waals surface area contributed by atoms with E-state index in [9.17, 15) is 0 Å². The summed E-state index contributed by atoms with van der Waals surface area (Å²) in [7, 11) is 0. The molecule has 0 heterocycles. The normalized spacial score (nSPS) is 20.9. The van der Waals surface area contributed by atoms with Gasteiger partial charge >= 0.3 is 0 Å². The summed E-state index contributed by atoms with van der Waals surface area (Å²) in [5.74, 6) is 0.